The van der Waals surface area contributed by atoms with Gasteiger partial charge in [-0.25, -0.2) is 0 Å². The average Bonchev–Trinajstić information content (AvgIpc) is 3.19. The maximum Gasteiger partial charge on any atom is 0.306 e. The van der Waals surface area contributed by atoms with Gasteiger partial charge < -0.3 is 14.2 Å². The molecule has 0 aliphatic heterocycles. The van der Waals surface area contributed by atoms with Crippen molar-refractivity contribution in [1.29, 1.82) is 0 Å². The lowest BCUT2D eigenvalue weighted by Crippen LogP contribution is -2.30. The Morgan fingerprint density at radius 1 is 0.328 bits per heavy atom. The summed E-state index contributed by atoms with van der Waals surface area (Å²) in [7, 11) is 0. The van der Waals surface area contributed by atoms with Crippen LogP contribution in [0.1, 0.15) is 285 Å². The minimum Gasteiger partial charge on any atom is -0.462 e. The van der Waals surface area contributed by atoms with Crippen molar-refractivity contribution in [3.63, 3.8) is 0 Å². The van der Waals surface area contributed by atoms with Crippen molar-refractivity contribution in [3.8, 4) is 0 Å². The van der Waals surface area contributed by atoms with Gasteiger partial charge in [0.2, 0.25) is 0 Å². The average molecular weight is 821 g/mol. The van der Waals surface area contributed by atoms with Crippen LogP contribution in [0.2, 0.25) is 0 Å². The van der Waals surface area contributed by atoms with Gasteiger partial charge in [-0.15, -0.1) is 0 Å². The summed E-state index contributed by atoms with van der Waals surface area (Å²) in [5.74, 6) is 0.821. The van der Waals surface area contributed by atoms with Crippen LogP contribution >= 0.6 is 0 Å². The number of hydrogen-bond acceptors (Lipinski definition) is 6. The molecule has 6 heteroatoms. The Labute approximate surface area is 361 Å². The summed E-state index contributed by atoms with van der Waals surface area (Å²) in [5.41, 5.74) is 0. The van der Waals surface area contributed by atoms with Crippen LogP contribution in [-0.2, 0) is 28.6 Å². The van der Waals surface area contributed by atoms with Crippen molar-refractivity contribution in [3.05, 3.63) is 0 Å². The number of rotatable bonds is 46. The van der Waals surface area contributed by atoms with Gasteiger partial charge >= 0.3 is 17.9 Å². The minimum atomic E-state index is -0.761. The van der Waals surface area contributed by atoms with Crippen LogP contribution in [0.5, 0.6) is 0 Å². The van der Waals surface area contributed by atoms with E-state index < -0.39 is 6.10 Å². The molecule has 0 aromatic heterocycles. The van der Waals surface area contributed by atoms with Gasteiger partial charge in [-0.2, -0.15) is 0 Å². The van der Waals surface area contributed by atoms with Crippen LogP contribution in [0.4, 0.5) is 0 Å². The lowest BCUT2D eigenvalue weighted by Gasteiger charge is -2.18. The molecule has 0 saturated heterocycles. The second kappa shape index (κ2) is 44.9. The Hall–Kier alpha value is -1.59. The number of carbonyl (C=O) groups is 3. The van der Waals surface area contributed by atoms with E-state index in [-0.39, 0.29) is 31.1 Å². The molecule has 0 rings (SSSR count). The number of hydrogen-bond donors (Lipinski definition) is 0. The molecule has 0 radical (unpaired) electrons. The summed E-state index contributed by atoms with van der Waals surface area (Å²) in [6, 6.07) is 0. The standard InChI is InChI=1S/C52H100O6/c1-6-7-8-9-10-20-27-32-37-42-50(53)56-45-49(58-52(55)44-39-34-29-24-19-15-14-17-22-26-31-36-41-48(4)5)46-57-51(54)43-38-33-28-23-18-13-11-12-16-21-25-30-35-40-47(2)3/h47-49H,6-46H2,1-5H3/t49-/m0/s1. The van der Waals surface area contributed by atoms with Crippen molar-refractivity contribution in [2.24, 2.45) is 11.8 Å². The van der Waals surface area contributed by atoms with Gasteiger partial charge in [-0.05, 0) is 31.1 Å². The van der Waals surface area contributed by atoms with Gasteiger partial charge in [-0.1, -0.05) is 247 Å². The maximum absolute atomic E-state index is 12.8. The SMILES string of the molecule is CCCCCCCCCCCC(=O)OC[C@@H](COC(=O)CCCCCCCCCCCCCCCC(C)C)OC(=O)CCCCCCCCCCCCCCC(C)C. The lowest BCUT2D eigenvalue weighted by atomic mass is 10.0. The normalized spacial score (nSPS) is 12.1. The number of esters is 3. The molecular weight excluding hydrogens is 721 g/mol. The zero-order valence-corrected chi connectivity index (χ0v) is 39.7. The first kappa shape index (κ1) is 56.4. The van der Waals surface area contributed by atoms with Crippen LogP contribution in [0, 0.1) is 11.8 Å². The molecule has 0 amide bonds. The second-order valence-corrected chi connectivity index (χ2v) is 18.8. The first-order valence-electron chi connectivity index (χ1n) is 25.7. The largest absolute Gasteiger partial charge is 0.462 e. The number of carbonyl (C=O) groups excluding carboxylic acids is 3. The molecule has 0 unspecified atom stereocenters. The van der Waals surface area contributed by atoms with Crippen LogP contribution in [0.25, 0.3) is 0 Å². The van der Waals surface area contributed by atoms with Gasteiger partial charge in [0.1, 0.15) is 13.2 Å². The van der Waals surface area contributed by atoms with Gasteiger partial charge in [0, 0.05) is 19.3 Å². The van der Waals surface area contributed by atoms with Gasteiger partial charge in [0.15, 0.2) is 6.10 Å². The smallest absolute Gasteiger partial charge is 0.306 e. The molecule has 0 fully saturated rings. The molecule has 58 heavy (non-hydrogen) atoms. The summed E-state index contributed by atoms with van der Waals surface area (Å²) in [6.45, 7) is 11.4. The van der Waals surface area contributed by atoms with Crippen molar-refractivity contribution < 1.29 is 28.6 Å². The third-order valence-corrected chi connectivity index (χ3v) is 11.7. The Kier molecular flexibility index (Phi) is 43.7. The Morgan fingerprint density at radius 2 is 0.569 bits per heavy atom. The third-order valence-electron chi connectivity index (χ3n) is 11.7. The first-order valence-corrected chi connectivity index (χ1v) is 25.7. The highest BCUT2D eigenvalue weighted by Crippen LogP contribution is 2.17. The van der Waals surface area contributed by atoms with Gasteiger partial charge in [-0.3, -0.25) is 14.4 Å². The summed E-state index contributed by atoms with van der Waals surface area (Å²) < 4.78 is 16.8. The van der Waals surface area contributed by atoms with Gasteiger partial charge in [0.25, 0.3) is 0 Å². The Bertz CT molecular complexity index is 885. The summed E-state index contributed by atoms with van der Waals surface area (Å²) in [4.78, 5) is 37.9. The van der Waals surface area contributed by atoms with Crippen molar-refractivity contribution in [2.75, 3.05) is 13.2 Å². The minimum absolute atomic E-state index is 0.0637. The van der Waals surface area contributed by atoms with Crippen LogP contribution in [-0.4, -0.2) is 37.2 Å². The van der Waals surface area contributed by atoms with Crippen LogP contribution < -0.4 is 0 Å². The molecule has 0 N–H and O–H groups in total. The number of ether oxygens (including phenoxy) is 3. The summed E-state index contributed by atoms with van der Waals surface area (Å²) in [6.07, 6.45) is 45.2. The highest BCUT2D eigenvalue weighted by Gasteiger charge is 2.19. The molecule has 0 aliphatic carbocycles. The molecule has 0 aromatic carbocycles. The molecule has 1 atom stereocenters. The van der Waals surface area contributed by atoms with Gasteiger partial charge in [0.05, 0.1) is 0 Å². The van der Waals surface area contributed by atoms with E-state index in [2.05, 4.69) is 34.6 Å². The Morgan fingerprint density at radius 3 is 0.845 bits per heavy atom. The highest BCUT2D eigenvalue weighted by molar-refractivity contribution is 5.71. The number of unbranched alkanes of at least 4 members (excludes halogenated alkanes) is 31. The zero-order valence-electron chi connectivity index (χ0n) is 39.7. The van der Waals surface area contributed by atoms with E-state index in [1.807, 2.05) is 0 Å². The molecule has 6 nitrogen and oxygen atoms in total. The van der Waals surface area contributed by atoms with Crippen molar-refractivity contribution >= 4 is 17.9 Å². The molecule has 0 heterocycles. The van der Waals surface area contributed by atoms with Crippen LogP contribution in [0.3, 0.4) is 0 Å². The van der Waals surface area contributed by atoms with E-state index in [0.717, 1.165) is 69.6 Å². The molecular formula is C52H100O6. The topological polar surface area (TPSA) is 78.9 Å². The van der Waals surface area contributed by atoms with E-state index in [1.54, 1.807) is 0 Å². The second-order valence-electron chi connectivity index (χ2n) is 18.8. The monoisotopic (exact) mass is 821 g/mol. The highest BCUT2D eigenvalue weighted by atomic mass is 16.6. The Balaban J connectivity index is 4.27. The predicted molar refractivity (Wildman–Crippen MR) is 247 cm³/mol. The molecule has 344 valence electrons. The molecule has 0 bridgehead atoms. The molecule has 0 aromatic rings. The fourth-order valence-electron chi connectivity index (χ4n) is 7.81. The maximum atomic E-state index is 12.8. The van der Waals surface area contributed by atoms with E-state index in [0.29, 0.717) is 19.3 Å². The van der Waals surface area contributed by atoms with Crippen molar-refractivity contribution in [1.82, 2.24) is 0 Å². The molecule has 0 saturated carbocycles. The van der Waals surface area contributed by atoms with E-state index in [9.17, 15) is 14.4 Å². The quantitative estimate of drug-likeness (QED) is 0.0346. The summed E-state index contributed by atoms with van der Waals surface area (Å²) >= 11 is 0. The first-order chi connectivity index (χ1) is 28.2. The lowest BCUT2D eigenvalue weighted by molar-refractivity contribution is -0.167. The molecule has 0 spiro atoms. The zero-order chi connectivity index (χ0) is 42.6. The van der Waals surface area contributed by atoms with E-state index in [4.69, 9.17) is 14.2 Å². The fraction of sp³-hybridized carbons (Fsp3) is 0.942. The fourth-order valence-corrected chi connectivity index (χ4v) is 7.81. The van der Waals surface area contributed by atoms with E-state index >= 15 is 0 Å². The summed E-state index contributed by atoms with van der Waals surface area (Å²) in [5, 5.41) is 0. The van der Waals surface area contributed by atoms with E-state index in [1.165, 1.54) is 173 Å². The third kappa shape index (κ3) is 45.5. The predicted octanol–water partition coefficient (Wildman–Crippen LogP) is 16.5. The van der Waals surface area contributed by atoms with Crippen molar-refractivity contribution in [2.45, 2.75) is 291 Å². The molecule has 0 aliphatic rings. The van der Waals surface area contributed by atoms with Crippen LogP contribution in [0.15, 0.2) is 0 Å².